The fraction of sp³-hybridized carbons (Fsp3) is 0.647. The van der Waals surface area contributed by atoms with Gasteiger partial charge in [0.25, 0.3) is 5.91 Å². The highest BCUT2D eigenvalue weighted by atomic mass is 32.1. The summed E-state index contributed by atoms with van der Waals surface area (Å²) in [6.45, 7) is 10.3. The van der Waals surface area contributed by atoms with Gasteiger partial charge in [-0.1, -0.05) is 20.8 Å². The second kappa shape index (κ2) is 7.01. The molecule has 1 aromatic heterocycles. The van der Waals surface area contributed by atoms with Gasteiger partial charge in [0.1, 0.15) is 5.00 Å². The molecule has 2 amide bonds. The standard InChI is InChI=1S/C17H27N3O2S/c1-11-8-13(15(23-11)19-16(22)17(2,3)4)14(21)18-9-12-6-7-20(5)10-12/h8,12H,6-7,9-10H2,1-5H3,(H,18,21)(H,19,22)/t12-/m0/s1. The third-order valence-corrected chi connectivity index (χ3v) is 5.01. The molecular weight excluding hydrogens is 310 g/mol. The zero-order valence-corrected chi connectivity index (χ0v) is 15.5. The highest BCUT2D eigenvalue weighted by Gasteiger charge is 2.25. The van der Waals surface area contributed by atoms with Crippen LogP contribution >= 0.6 is 11.3 Å². The highest BCUT2D eigenvalue weighted by Crippen LogP contribution is 2.29. The van der Waals surface area contributed by atoms with Gasteiger partial charge in [-0.25, -0.2) is 0 Å². The number of carbonyl (C=O) groups excluding carboxylic acids is 2. The average molecular weight is 337 g/mol. The van der Waals surface area contributed by atoms with Gasteiger partial charge in [0.2, 0.25) is 5.91 Å². The van der Waals surface area contributed by atoms with Gasteiger partial charge in [-0.15, -0.1) is 11.3 Å². The maximum Gasteiger partial charge on any atom is 0.254 e. The molecule has 0 aliphatic carbocycles. The van der Waals surface area contributed by atoms with Crippen LogP contribution in [-0.2, 0) is 4.79 Å². The van der Waals surface area contributed by atoms with E-state index >= 15 is 0 Å². The number of rotatable bonds is 4. The number of likely N-dealkylation sites (tertiary alicyclic amines) is 1. The van der Waals surface area contributed by atoms with Crippen LogP contribution in [0.15, 0.2) is 6.07 Å². The summed E-state index contributed by atoms with van der Waals surface area (Å²) in [5.41, 5.74) is 0.0801. The van der Waals surface area contributed by atoms with Crippen molar-refractivity contribution in [3.8, 4) is 0 Å². The Bertz CT molecular complexity index is 589. The number of anilines is 1. The Balaban J connectivity index is 2.01. The summed E-state index contributed by atoms with van der Waals surface area (Å²) in [6, 6.07) is 1.85. The average Bonchev–Trinajstić information content (AvgIpc) is 3.01. The Labute approximate surface area is 142 Å². The molecule has 0 aromatic carbocycles. The first-order valence-electron chi connectivity index (χ1n) is 8.05. The van der Waals surface area contributed by atoms with E-state index in [1.54, 1.807) is 0 Å². The SMILES string of the molecule is Cc1cc(C(=O)NC[C@@H]2CCN(C)C2)c(NC(=O)C(C)(C)C)s1. The smallest absolute Gasteiger partial charge is 0.254 e. The van der Waals surface area contributed by atoms with E-state index in [4.69, 9.17) is 0 Å². The topological polar surface area (TPSA) is 61.4 Å². The van der Waals surface area contributed by atoms with Gasteiger partial charge in [0.05, 0.1) is 5.56 Å². The summed E-state index contributed by atoms with van der Waals surface area (Å²) < 4.78 is 0. The highest BCUT2D eigenvalue weighted by molar-refractivity contribution is 7.16. The van der Waals surface area contributed by atoms with Crippen LogP contribution < -0.4 is 10.6 Å². The monoisotopic (exact) mass is 337 g/mol. The molecule has 2 heterocycles. The van der Waals surface area contributed by atoms with E-state index < -0.39 is 5.41 Å². The minimum absolute atomic E-state index is 0.0779. The first-order valence-corrected chi connectivity index (χ1v) is 8.87. The molecule has 0 saturated carbocycles. The van der Waals surface area contributed by atoms with Gasteiger partial charge in [0.15, 0.2) is 0 Å². The van der Waals surface area contributed by atoms with E-state index in [0.29, 0.717) is 23.0 Å². The minimum atomic E-state index is -0.486. The van der Waals surface area contributed by atoms with Crippen molar-refractivity contribution in [2.75, 3.05) is 32.0 Å². The van der Waals surface area contributed by atoms with Gasteiger partial charge >= 0.3 is 0 Å². The lowest BCUT2D eigenvalue weighted by Crippen LogP contribution is -2.32. The molecule has 1 saturated heterocycles. The Morgan fingerprint density at radius 3 is 2.65 bits per heavy atom. The van der Waals surface area contributed by atoms with Crippen molar-refractivity contribution in [2.45, 2.75) is 34.1 Å². The second-order valence-electron chi connectivity index (χ2n) is 7.43. The van der Waals surface area contributed by atoms with E-state index in [-0.39, 0.29) is 11.8 Å². The van der Waals surface area contributed by atoms with Crippen LogP contribution in [-0.4, -0.2) is 43.4 Å². The first kappa shape index (κ1) is 17.9. The van der Waals surface area contributed by atoms with Crippen molar-refractivity contribution in [1.82, 2.24) is 10.2 Å². The molecule has 2 N–H and O–H groups in total. The Kier molecular flexibility index (Phi) is 5.47. The van der Waals surface area contributed by atoms with Crippen LogP contribution in [0.25, 0.3) is 0 Å². The number of nitrogens with one attached hydrogen (secondary N) is 2. The van der Waals surface area contributed by atoms with E-state index in [0.717, 1.165) is 24.4 Å². The molecule has 2 rings (SSSR count). The van der Waals surface area contributed by atoms with Crippen LogP contribution in [0.5, 0.6) is 0 Å². The summed E-state index contributed by atoms with van der Waals surface area (Å²) in [5.74, 6) is 0.329. The van der Waals surface area contributed by atoms with Crippen LogP contribution in [0, 0.1) is 18.3 Å². The van der Waals surface area contributed by atoms with E-state index in [1.807, 2.05) is 33.8 Å². The lowest BCUT2D eigenvalue weighted by atomic mass is 9.96. The largest absolute Gasteiger partial charge is 0.352 e. The Morgan fingerprint density at radius 2 is 2.09 bits per heavy atom. The fourth-order valence-electron chi connectivity index (χ4n) is 2.59. The molecule has 0 unspecified atom stereocenters. The third kappa shape index (κ3) is 4.78. The maximum atomic E-state index is 12.5. The van der Waals surface area contributed by atoms with Gasteiger partial charge in [-0.05, 0) is 38.9 Å². The molecular formula is C17H27N3O2S. The van der Waals surface area contributed by atoms with Crippen LogP contribution in [0.2, 0.25) is 0 Å². The predicted molar refractivity (Wildman–Crippen MR) is 95.1 cm³/mol. The molecule has 1 fully saturated rings. The number of thiophene rings is 1. The van der Waals surface area contributed by atoms with Crippen molar-refractivity contribution in [2.24, 2.45) is 11.3 Å². The van der Waals surface area contributed by atoms with Gasteiger partial charge in [0, 0.05) is 23.4 Å². The summed E-state index contributed by atoms with van der Waals surface area (Å²) >= 11 is 1.44. The normalized spacial score (nSPS) is 18.9. The van der Waals surface area contributed by atoms with Crippen molar-refractivity contribution < 1.29 is 9.59 Å². The number of hydrogen-bond donors (Lipinski definition) is 2. The number of amides is 2. The molecule has 23 heavy (non-hydrogen) atoms. The lowest BCUT2D eigenvalue weighted by molar-refractivity contribution is -0.123. The van der Waals surface area contributed by atoms with Gasteiger partial charge in [-0.2, -0.15) is 0 Å². The lowest BCUT2D eigenvalue weighted by Gasteiger charge is -2.17. The number of nitrogens with zero attached hydrogens (tertiary/aromatic N) is 1. The van der Waals surface area contributed by atoms with Crippen molar-refractivity contribution >= 4 is 28.2 Å². The molecule has 1 aliphatic rings. The molecule has 0 bridgehead atoms. The van der Waals surface area contributed by atoms with Crippen LogP contribution in [0.4, 0.5) is 5.00 Å². The minimum Gasteiger partial charge on any atom is -0.352 e. The number of hydrogen-bond acceptors (Lipinski definition) is 4. The van der Waals surface area contributed by atoms with Gasteiger partial charge in [-0.3, -0.25) is 9.59 Å². The van der Waals surface area contributed by atoms with Crippen molar-refractivity contribution in [3.05, 3.63) is 16.5 Å². The quantitative estimate of drug-likeness (QED) is 0.888. The molecule has 0 radical (unpaired) electrons. The Morgan fingerprint density at radius 1 is 1.39 bits per heavy atom. The predicted octanol–water partition coefficient (Wildman–Crippen LogP) is 2.72. The van der Waals surface area contributed by atoms with E-state index in [9.17, 15) is 9.59 Å². The molecule has 1 atom stereocenters. The molecule has 0 spiro atoms. The van der Waals surface area contributed by atoms with E-state index in [1.165, 1.54) is 11.3 Å². The first-order chi connectivity index (χ1) is 10.7. The maximum absolute atomic E-state index is 12.5. The van der Waals surface area contributed by atoms with Gasteiger partial charge < -0.3 is 15.5 Å². The number of carbonyl (C=O) groups is 2. The third-order valence-electron chi connectivity index (χ3n) is 4.05. The fourth-order valence-corrected chi connectivity index (χ4v) is 3.50. The summed E-state index contributed by atoms with van der Waals surface area (Å²) in [7, 11) is 2.10. The second-order valence-corrected chi connectivity index (χ2v) is 8.69. The van der Waals surface area contributed by atoms with Crippen LogP contribution in [0.1, 0.15) is 42.4 Å². The van der Waals surface area contributed by atoms with Crippen molar-refractivity contribution in [1.29, 1.82) is 0 Å². The zero-order valence-electron chi connectivity index (χ0n) is 14.7. The summed E-state index contributed by atoms with van der Waals surface area (Å²) in [4.78, 5) is 28.0. The summed E-state index contributed by atoms with van der Waals surface area (Å²) in [6.07, 6.45) is 1.12. The molecule has 1 aromatic rings. The van der Waals surface area contributed by atoms with E-state index in [2.05, 4.69) is 22.6 Å². The summed E-state index contributed by atoms with van der Waals surface area (Å²) in [5, 5.41) is 6.56. The molecule has 1 aliphatic heterocycles. The molecule has 128 valence electrons. The van der Waals surface area contributed by atoms with Crippen molar-refractivity contribution in [3.63, 3.8) is 0 Å². The number of aryl methyl sites for hydroxylation is 1. The zero-order chi connectivity index (χ0) is 17.2. The Hall–Kier alpha value is -1.40. The molecule has 5 nitrogen and oxygen atoms in total. The van der Waals surface area contributed by atoms with Crippen LogP contribution in [0.3, 0.4) is 0 Å². The molecule has 6 heteroatoms.